The standard InChI is InChI=1S/C29H43N5O4SSi2/c1-18(2)40(19(3)4)36-15-24-23(37-41(38-40,20(5)6)21(7)8)14-25(39-24)34-17-32-26-27(30-16-31-28(26)34)33-29(35)22-12-10-9-11-13-22/h9-13,16-21,23-25H,14-15H2,1-8H3,(H,30,31,33,35)/t23-,24+,25+/m0/s1. The molecule has 0 unspecified atom stereocenters. The zero-order chi connectivity index (χ0) is 29.5. The number of imidazole rings is 1. The van der Waals surface area contributed by atoms with Gasteiger partial charge in [0, 0.05) is 12.0 Å². The van der Waals surface area contributed by atoms with Crippen molar-refractivity contribution < 1.29 is 17.8 Å². The first-order valence-electron chi connectivity index (χ1n) is 14.7. The maximum atomic E-state index is 12.8. The van der Waals surface area contributed by atoms with Gasteiger partial charge in [-0.05, 0) is 34.3 Å². The highest BCUT2D eigenvalue weighted by Gasteiger charge is 2.60. The van der Waals surface area contributed by atoms with Gasteiger partial charge >= 0.3 is 17.1 Å². The molecule has 2 saturated heterocycles. The van der Waals surface area contributed by atoms with Gasteiger partial charge in [0.25, 0.3) is 5.91 Å². The Hall–Kier alpha value is -2.10. The smallest absolute Gasteiger partial charge is 0.334 e. The number of fused-ring (bicyclic) bond motifs is 2. The third-order valence-corrected chi connectivity index (χ3v) is 20.3. The van der Waals surface area contributed by atoms with E-state index in [1.807, 2.05) is 36.3 Å². The Morgan fingerprint density at radius 2 is 1.61 bits per heavy atom. The topological polar surface area (TPSA) is 100 Å². The summed E-state index contributed by atoms with van der Waals surface area (Å²) in [5.74, 6) is 0.173. The normalized spacial score (nSPS) is 24.1. The molecule has 2 aliphatic rings. The molecule has 0 spiro atoms. The van der Waals surface area contributed by atoms with E-state index in [0.717, 1.165) is 6.42 Å². The van der Waals surface area contributed by atoms with Gasteiger partial charge in [-0.1, -0.05) is 73.6 Å². The molecule has 3 aromatic rings. The maximum Gasteiger partial charge on any atom is 0.334 e. The second kappa shape index (κ2) is 11.9. The second-order valence-electron chi connectivity index (χ2n) is 12.4. The SMILES string of the molecule is CC(C)[Si]1(C(C)C)OC[C@H]2S[C@@H](n3cnc4c(NC(=O)c5ccccc5)ncnc43)C[C@@H]2O[Si](C(C)C)(C(C)C)O1. The first kappa shape index (κ1) is 30.4. The van der Waals surface area contributed by atoms with Gasteiger partial charge in [-0.15, -0.1) is 11.8 Å². The minimum absolute atomic E-state index is 0.00401. The molecule has 5 rings (SSSR count). The van der Waals surface area contributed by atoms with Gasteiger partial charge in [0.2, 0.25) is 0 Å². The quantitative estimate of drug-likeness (QED) is 0.283. The van der Waals surface area contributed by atoms with Crippen molar-refractivity contribution in [2.45, 2.75) is 101 Å². The second-order valence-corrected chi connectivity index (χ2v) is 22.6. The van der Waals surface area contributed by atoms with Crippen molar-refractivity contribution in [1.29, 1.82) is 0 Å². The first-order chi connectivity index (χ1) is 19.5. The number of carbonyl (C=O) groups is 1. The van der Waals surface area contributed by atoms with Crippen molar-refractivity contribution in [3.05, 3.63) is 48.5 Å². The maximum absolute atomic E-state index is 12.8. The van der Waals surface area contributed by atoms with Crippen LogP contribution in [-0.2, 0) is 13.0 Å². The molecule has 222 valence electrons. The molecule has 9 nitrogen and oxygen atoms in total. The van der Waals surface area contributed by atoms with Gasteiger partial charge in [0.05, 0.1) is 29.7 Å². The van der Waals surface area contributed by atoms with Gasteiger partial charge in [0.1, 0.15) is 6.33 Å². The molecule has 2 fully saturated rings. The summed E-state index contributed by atoms with van der Waals surface area (Å²) < 4.78 is 23.7. The lowest BCUT2D eigenvalue weighted by Gasteiger charge is -2.51. The molecule has 1 N–H and O–H groups in total. The number of thioether (sulfide) groups is 1. The number of anilines is 1. The van der Waals surface area contributed by atoms with Crippen molar-refractivity contribution in [3.8, 4) is 0 Å². The Balaban J connectivity index is 1.45. The van der Waals surface area contributed by atoms with Gasteiger partial charge < -0.3 is 22.9 Å². The lowest BCUT2D eigenvalue weighted by atomic mass is 10.2. The zero-order valence-corrected chi connectivity index (χ0v) is 28.1. The van der Waals surface area contributed by atoms with E-state index in [1.54, 1.807) is 12.1 Å². The Morgan fingerprint density at radius 3 is 2.24 bits per heavy atom. The Labute approximate surface area is 249 Å². The lowest BCUT2D eigenvalue weighted by molar-refractivity contribution is 0.0709. The predicted molar refractivity (Wildman–Crippen MR) is 169 cm³/mol. The summed E-state index contributed by atoms with van der Waals surface area (Å²) in [7, 11) is -5.25. The number of amides is 1. The van der Waals surface area contributed by atoms with Crippen molar-refractivity contribution in [2.75, 3.05) is 11.9 Å². The van der Waals surface area contributed by atoms with Crippen LogP contribution in [0.25, 0.3) is 11.2 Å². The Kier molecular flexibility index (Phi) is 8.80. The predicted octanol–water partition coefficient (Wildman–Crippen LogP) is 7.04. The molecule has 0 aliphatic carbocycles. The largest absolute Gasteiger partial charge is 0.414 e. The number of nitrogens with zero attached hydrogens (tertiary/aromatic N) is 4. The van der Waals surface area contributed by atoms with Crippen LogP contribution < -0.4 is 5.32 Å². The summed E-state index contributed by atoms with van der Waals surface area (Å²) in [4.78, 5) is 26.4. The summed E-state index contributed by atoms with van der Waals surface area (Å²) in [5.41, 5.74) is 3.02. The summed E-state index contributed by atoms with van der Waals surface area (Å²) in [5, 5.41) is 3.15. The van der Waals surface area contributed by atoms with Crippen LogP contribution in [-0.4, -0.2) is 60.5 Å². The molecule has 3 atom stereocenters. The van der Waals surface area contributed by atoms with Crippen molar-refractivity contribution in [1.82, 2.24) is 19.5 Å². The fourth-order valence-corrected chi connectivity index (χ4v) is 19.2. The molecule has 41 heavy (non-hydrogen) atoms. The summed E-state index contributed by atoms with van der Waals surface area (Å²) in [6.07, 6.45) is 4.10. The number of benzene rings is 1. The molecule has 0 bridgehead atoms. The van der Waals surface area contributed by atoms with E-state index >= 15 is 0 Å². The van der Waals surface area contributed by atoms with Crippen molar-refractivity contribution >= 4 is 51.8 Å². The molecular formula is C29H43N5O4SSi2. The molecule has 4 heterocycles. The van der Waals surface area contributed by atoms with Crippen LogP contribution in [0.2, 0.25) is 22.2 Å². The number of rotatable bonds is 7. The third kappa shape index (κ3) is 5.54. The van der Waals surface area contributed by atoms with E-state index in [-0.39, 0.29) is 33.7 Å². The number of hydrogen-bond donors (Lipinski definition) is 1. The van der Waals surface area contributed by atoms with Gasteiger partial charge in [-0.25, -0.2) is 15.0 Å². The van der Waals surface area contributed by atoms with Crippen LogP contribution in [0.15, 0.2) is 43.0 Å². The molecule has 2 aromatic heterocycles. The number of nitrogens with one attached hydrogen (secondary N) is 1. The van der Waals surface area contributed by atoms with Crippen molar-refractivity contribution in [3.63, 3.8) is 0 Å². The lowest BCUT2D eigenvalue weighted by Crippen LogP contribution is -2.64. The van der Waals surface area contributed by atoms with Crippen molar-refractivity contribution in [2.24, 2.45) is 0 Å². The van der Waals surface area contributed by atoms with Crippen LogP contribution in [0, 0.1) is 0 Å². The fourth-order valence-electron chi connectivity index (χ4n) is 6.23. The average molecular weight is 614 g/mol. The molecule has 0 radical (unpaired) electrons. The number of hydrogen-bond acceptors (Lipinski definition) is 8. The van der Waals surface area contributed by atoms with E-state index < -0.39 is 17.1 Å². The highest BCUT2D eigenvalue weighted by atomic mass is 32.2. The average Bonchev–Trinajstić information content (AvgIpc) is 3.53. The number of carbonyl (C=O) groups excluding carboxylic acids is 1. The van der Waals surface area contributed by atoms with Gasteiger partial charge in [-0.3, -0.25) is 4.79 Å². The number of aromatic nitrogens is 4. The highest BCUT2D eigenvalue weighted by Crippen LogP contribution is 2.52. The highest BCUT2D eigenvalue weighted by molar-refractivity contribution is 8.00. The van der Waals surface area contributed by atoms with E-state index in [9.17, 15) is 4.79 Å². The van der Waals surface area contributed by atoms with Crippen LogP contribution >= 0.6 is 11.8 Å². The molecule has 2 aliphatic heterocycles. The minimum atomic E-state index is -2.67. The minimum Gasteiger partial charge on any atom is -0.414 e. The molecule has 12 heteroatoms. The third-order valence-electron chi connectivity index (χ3n) is 8.46. The monoisotopic (exact) mass is 613 g/mol. The molecule has 1 aromatic carbocycles. The molecule has 1 amide bonds. The van der Waals surface area contributed by atoms with Crippen LogP contribution in [0.1, 0.15) is 77.5 Å². The van der Waals surface area contributed by atoms with Gasteiger partial charge in [0.15, 0.2) is 17.0 Å². The fraction of sp³-hybridized carbons (Fsp3) is 0.586. The van der Waals surface area contributed by atoms with E-state index in [1.165, 1.54) is 6.33 Å². The van der Waals surface area contributed by atoms with E-state index in [0.29, 0.717) is 40.2 Å². The zero-order valence-electron chi connectivity index (χ0n) is 25.3. The van der Waals surface area contributed by atoms with E-state index in [2.05, 4.69) is 80.2 Å². The van der Waals surface area contributed by atoms with Gasteiger partial charge in [-0.2, -0.15) is 0 Å². The molecular weight excluding hydrogens is 571 g/mol. The summed E-state index contributed by atoms with van der Waals surface area (Å²) in [6.45, 7) is 18.6. The Bertz CT molecular complexity index is 1350. The van der Waals surface area contributed by atoms with Crippen LogP contribution in [0.5, 0.6) is 0 Å². The summed E-state index contributed by atoms with van der Waals surface area (Å²) in [6, 6.07) is 9.10. The van der Waals surface area contributed by atoms with Crippen LogP contribution in [0.4, 0.5) is 5.82 Å². The first-order valence-corrected chi connectivity index (χ1v) is 19.6. The summed E-state index contributed by atoms with van der Waals surface area (Å²) >= 11 is 1.87. The Morgan fingerprint density at radius 1 is 0.951 bits per heavy atom. The van der Waals surface area contributed by atoms with E-state index in [4.69, 9.17) is 13.0 Å². The van der Waals surface area contributed by atoms with Crippen LogP contribution in [0.3, 0.4) is 0 Å². The molecule has 0 saturated carbocycles.